The Labute approximate surface area is 195 Å². The summed E-state index contributed by atoms with van der Waals surface area (Å²) in [6, 6.07) is 28.0. The normalized spacial score (nSPS) is 15.0. The van der Waals surface area contributed by atoms with E-state index in [2.05, 4.69) is 41.7 Å². The molecule has 0 aromatic heterocycles. The van der Waals surface area contributed by atoms with Crippen LogP contribution in [0.4, 0.5) is 0 Å². The Balaban J connectivity index is 1.39. The number of piperidine rings is 1. The van der Waals surface area contributed by atoms with E-state index in [0.29, 0.717) is 38.1 Å². The Morgan fingerprint density at radius 2 is 1.42 bits per heavy atom. The summed E-state index contributed by atoms with van der Waals surface area (Å²) in [6.07, 6.45) is 1.92. The first kappa shape index (κ1) is 22.6. The second-order valence-electron chi connectivity index (χ2n) is 8.58. The average molecular weight is 443 g/mol. The van der Waals surface area contributed by atoms with E-state index in [1.54, 1.807) is 7.05 Å². The number of amides is 2. The lowest BCUT2D eigenvalue weighted by atomic mass is 9.73. The average Bonchev–Trinajstić information content (AvgIpc) is 2.88. The molecule has 0 radical (unpaired) electrons. The first-order valence-electron chi connectivity index (χ1n) is 11.4. The molecule has 5 nitrogen and oxygen atoms in total. The number of likely N-dealkylation sites (tertiary alicyclic amines) is 1. The fourth-order valence-electron chi connectivity index (χ4n) is 4.52. The number of hydrogen-bond acceptors (Lipinski definition) is 3. The summed E-state index contributed by atoms with van der Waals surface area (Å²) in [4.78, 5) is 27.4. The molecule has 4 rings (SSSR count). The number of carbonyl (C=O) groups is 2. The summed E-state index contributed by atoms with van der Waals surface area (Å²) < 4.78 is 5.61. The largest absolute Gasteiger partial charge is 0.484 e. The van der Waals surface area contributed by atoms with Gasteiger partial charge in [0.2, 0.25) is 5.91 Å². The lowest BCUT2D eigenvalue weighted by molar-refractivity contribution is -0.141. The van der Waals surface area contributed by atoms with Crippen LogP contribution in [0.3, 0.4) is 0 Å². The molecule has 0 bridgehead atoms. The van der Waals surface area contributed by atoms with E-state index in [1.165, 1.54) is 5.56 Å². The summed E-state index contributed by atoms with van der Waals surface area (Å²) in [6.45, 7) is 1.11. The van der Waals surface area contributed by atoms with Gasteiger partial charge in [0.25, 0.3) is 5.91 Å². The monoisotopic (exact) mass is 442 g/mol. The molecule has 1 aliphatic rings. The van der Waals surface area contributed by atoms with Crippen molar-refractivity contribution in [3.05, 3.63) is 90.5 Å². The Morgan fingerprint density at radius 3 is 2.03 bits per heavy atom. The van der Waals surface area contributed by atoms with Crippen LogP contribution in [0.5, 0.6) is 5.75 Å². The first-order chi connectivity index (χ1) is 16.1. The highest BCUT2D eigenvalue weighted by Crippen LogP contribution is 2.36. The van der Waals surface area contributed by atoms with Gasteiger partial charge in [-0.05, 0) is 48.1 Å². The fraction of sp³-hybridized carbons (Fsp3) is 0.286. The van der Waals surface area contributed by atoms with Crippen LogP contribution in [0.25, 0.3) is 11.1 Å². The first-order valence-corrected chi connectivity index (χ1v) is 11.4. The van der Waals surface area contributed by atoms with Gasteiger partial charge in [0.1, 0.15) is 5.75 Å². The number of ether oxygens (including phenoxy) is 1. The summed E-state index contributed by atoms with van der Waals surface area (Å²) >= 11 is 0. The molecule has 0 aliphatic carbocycles. The smallest absolute Gasteiger partial charge is 0.260 e. The third kappa shape index (κ3) is 5.43. The predicted molar refractivity (Wildman–Crippen MR) is 130 cm³/mol. The van der Waals surface area contributed by atoms with E-state index >= 15 is 0 Å². The molecule has 3 aromatic rings. The molecule has 1 N–H and O–H groups in total. The van der Waals surface area contributed by atoms with Crippen molar-refractivity contribution >= 4 is 11.8 Å². The van der Waals surface area contributed by atoms with Gasteiger partial charge in [-0.3, -0.25) is 9.59 Å². The molecule has 0 saturated carbocycles. The van der Waals surface area contributed by atoms with Crippen LogP contribution >= 0.6 is 0 Å². The summed E-state index contributed by atoms with van der Waals surface area (Å²) in [7, 11) is 1.69. The zero-order valence-electron chi connectivity index (χ0n) is 19.0. The topological polar surface area (TPSA) is 58.6 Å². The zero-order valence-corrected chi connectivity index (χ0v) is 19.0. The summed E-state index contributed by atoms with van der Waals surface area (Å²) in [5, 5.41) is 2.86. The molecule has 1 heterocycles. The van der Waals surface area contributed by atoms with E-state index < -0.39 is 5.41 Å². The van der Waals surface area contributed by atoms with Crippen molar-refractivity contribution in [1.29, 1.82) is 0 Å². The van der Waals surface area contributed by atoms with E-state index in [0.717, 1.165) is 11.1 Å². The standard InChI is InChI=1S/C28H30N2O3/c1-29-27(32)28(20-22-12-14-24(15-13-22)23-8-4-2-5-9-23)16-18-30(19-17-28)26(31)21-33-25-10-6-3-7-11-25/h2-15H,16-21H2,1H3,(H,29,32). The van der Waals surface area contributed by atoms with Crippen LogP contribution in [0.1, 0.15) is 18.4 Å². The van der Waals surface area contributed by atoms with Gasteiger partial charge in [-0.15, -0.1) is 0 Å². The van der Waals surface area contributed by atoms with Crippen LogP contribution in [0.2, 0.25) is 0 Å². The van der Waals surface area contributed by atoms with Gasteiger partial charge < -0.3 is 15.0 Å². The number of hydrogen-bond donors (Lipinski definition) is 1. The number of carbonyl (C=O) groups excluding carboxylic acids is 2. The number of para-hydroxylation sites is 1. The SMILES string of the molecule is CNC(=O)C1(Cc2ccc(-c3ccccc3)cc2)CCN(C(=O)COc2ccccc2)CC1. The minimum Gasteiger partial charge on any atom is -0.484 e. The van der Waals surface area contributed by atoms with E-state index in [4.69, 9.17) is 4.74 Å². The fourth-order valence-corrected chi connectivity index (χ4v) is 4.52. The van der Waals surface area contributed by atoms with Gasteiger partial charge >= 0.3 is 0 Å². The van der Waals surface area contributed by atoms with Gasteiger partial charge in [0, 0.05) is 20.1 Å². The van der Waals surface area contributed by atoms with Crippen molar-refractivity contribution in [2.45, 2.75) is 19.3 Å². The molecule has 1 aliphatic heterocycles. The molecule has 0 unspecified atom stereocenters. The summed E-state index contributed by atoms with van der Waals surface area (Å²) in [5.74, 6) is 0.681. The third-order valence-corrected chi connectivity index (χ3v) is 6.49. The summed E-state index contributed by atoms with van der Waals surface area (Å²) in [5.41, 5.74) is 2.95. The van der Waals surface area contributed by atoms with Gasteiger partial charge in [-0.2, -0.15) is 0 Å². The number of rotatable bonds is 7. The Morgan fingerprint density at radius 1 is 0.848 bits per heavy atom. The Kier molecular flexibility index (Phi) is 7.08. The van der Waals surface area contributed by atoms with Crippen molar-refractivity contribution in [2.75, 3.05) is 26.7 Å². The third-order valence-electron chi connectivity index (χ3n) is 6.49. The molecule has 5 heteroatoms. The molecule has 0 spiro atoms. The molecule has 1 saturated heterocycles. The van der Waals surface area contributed by atoms with Gasteiger partial charge in [-0.1, -0.05) is 72.8 Å². The maximum atomic E-state index is 12.9. The number of benzene rings is 3. The van der Waals surface area contributed by atoms with Crippen molar-refractivity contribution in [1.82, 2.24) is 10.2 Å². The maximum absolute atomic E-state index is 12.9. The highest BCUT2D eigenvalue weighted by molar-refractivity contribution is 5.84. The molecule has 33 heavy (non-hydrogen) atoms. The number of nitrogens with zero attached hydrogens (tertiary/aromatic N) is 1. The van der Waals surface area contributed by atoms with Gasteiger partial charge in [0.05, 0.1) is 5.41 Å². The van der Waals surface area contributed by atoms with E-state index in [1.807, 2.05) is 53.4 Å². The van der Waals surface area contributed by atoms with Crippen molar-refractivity contribution in [3.63, 3.8) is 0 Å². The quantitative estimate of drug-likeness (QED) is 0.593. The molecule has 2 amide bonds. The van der Waals surface area contributed by atoms with E-state index in [9.17, 15) is 9.59 Å². The molecular weight excluding hydrogens is 412 g/mol. The van der Waals surface area contributed by atoms with Crippen molar-refractivity contribution in [2.24, 2.45) is 5.41 Å². The lowest BCUT2D eigenvalue weighted by Crippen LogP contribution is -2.51. The Hall–Kier alpha value is -3.60. The van der Waals surface area contributed by atoms with Crippen LogP contribution in [0.15, 0.2) is 84.9 Å². The Bertz CT molecular complexity index is 1060. The van der Waals surface area contributed by atoms with Gasteiger partial charge in [0.15, 0.2) is 6.61 Å². The molecule has 0 atom stereocenters. The minimum absolute atomic E-state index is 0.0118. The second-order valence-corrected chi connectivity index (χ2v) is 8.58. The van der Waals surface area contributed by atoms with E-state index in [-0.39, 0.29) is 18.4 Å². The highest BCUT2D eigenvalue weighted by Gasteiger charge is 2.41. The minimum atomic E-state index is -0.514. The zero-order chi connectivity index (χ0) is 23.1. The molecule has 3 aromatic carbocycles. The second kappa shape index (κ2) is 10.3. The van der Waals surface area contributed by atoms with Crippen molar-refractivity contribution < 1.29 is 14.3 Å². The van der Waals surface area contributed by atoms with Crippen LogP contribution < -0.4 is 10.1 Å². The maximum Gasteiger partial charge on any atom is 0.260 e. The van der Waals surface area contributed by atoms with Crippen LogP contribution in [0, 0.1) is 5.41 Å². The number of nitrogens with one attached hydrogen (secondary N) is 1. The predicted octanol–water partition coefficient (Wildman–Crippen LogP) is 4.33. The van der Waals surface area contributed by atoms with Crippen LogP contribution in [-0.2, 0) is 16.0 Å². The van der Waals surface area contributed by atoms with Crippen molar-refractivity contribution in [3.8, 4) is 16.9 Å². The van der Waals surface area contributed by atoms with Gasteiger partial charge in [-0.25, -0.2) is 0 Å². The molecule has 170 valence electrons. The molecule has 1 fully saturated rings. The lowest BCUT2D eigenvalue weighted by Gasteiger charge is -2.40. The highest BCUT2D eigenvalue weighted by atomic mass is 16.5. The van der Waals surface area contributed by atoms with Crippen LogP contribution in [-0.4, -0.2) is 43.5 Å². The molecular formula is C28H30N2O3.